The van der Waals surface area contributed by atoms with Crippen LogP contribution in [0.1, 0.15) is 16.9 Å². The highest BCUT2D eigenvalue weighted by Crippen LogP contribution is 2.35. The second-order valence-corrected chi connectivity index (χ2v) is 7.70. The highest BCUT2D eigenvalue weighted by molar-refractivity contribution is 7.18. The van der Waals surface area contributed by atoms with Crippen LogP contribution in [0.4, 0.5) is 5.82 Å². The number of rotatable bonds is 6. The van der Waals surface area contributed by atoms with Gasteiger partial charge in [0.2, 0.25) is 5.91 Å². The molecule has 4 rings (SSSR count). The van der Waals surface area contributed by atoms with Gasteiger partial charge in [-0.3, -0.25) is 4.79 Å². The molecule has 1 fully saturated rings. The summed E-state index contributed by atoms with van der Waals surface area (Å²) in [5.41, 5.74) is 1.38. The molecule has 0 saturated carbocycles. The third kappa shape index (κ3) is 3.33. The largest absolute Gasteiger partial charge is 0.383 e. The van der Waals surface area contributed by atoms with E-state index in [0.717, 1.165) is 43.2 Å². The van der Waals surface area contributed by atoms with Gasteiger partial charge in [-0.25, -0.2) is 9.97 Å². The first-order valence-corrected chi connectivity index (χ1v) is 9.54. The minimum Gasteiger partial charge on any atom is -0.383 e. The molecule has 4 heterocycles. The topological polar surface area (TPSA) is 79.4 Å². The average Bonchev–Trinajstić information content (AvgIpc) is 3.18. The van der Waals surface area contributed by atoms with Gasteiger partial charge in [-0.05, 0) is 18.5 Å². The summed E-state index contributed by atoms with van der Waals surface area (Å²) in [6.45, 7) is 4.72. The van der Waals surface area contributed by atoms with E-state index in [2.05, 4.69) is 20.6 Å². The van der Waals surface area contributed by atoms with E-state index in [4.69, 9.17) is 4.74 Å². The summed E-state index contributed by atoms with van der Waals surface area (Å²) in [6.07, 6.45) is 3.24. The van der Waals surface area contributed by atoms with Gasteiger partial charge in [-0.15, -0.1) is 11.3 Å². The van der Waals surface area contributed by atoms with Crippen LogP contribution in [0, 0.1) is 5.92 Å². The van der Waals surface area contributed by atoms with Gasteiger partial charge in [0, 0.05) is 50.5 Å². The van der Waals surface area contributed by atoms with Crippen molar-refractivity contribution in [3.63, 3.8) is 0 Å². The van der Waals surface area contributed by atoms with E-state index in [1.807, 2.05) is 4.90 Å². The van der Waals surface area contributed by atoms with Crippen molar-refractivity contribution in [2.45, 2.75) is 19.4 Å². The molecule has 134 valence electrons. The summed E-state index contributed by atoms with van der Waals surface area (Å²) < 4.78 is 5.08. The Hall–Kier alpha value is -1.77. The molecule has 2 aromatic rings. The van der Waals surface area contributed by atoms with Crippen molar-refractivity contribution in [3.05, 3.63) is 16.8 Å². The van der Waals surface area contributed by atoms with Crippen LogP contribution in [0.25, 0.3) is 10.2 Å². The van der Waals surface area contributed by atoms with E-state index in [-0.39, 0.29) is 5.91 Å². The zero-order chi connectivity index (χ0) is 17.2. The van der Waals surface area contributed by atoms with E-state index in [9.17, 15) is 4.79 Å². The van der Waals surface area contributed by atoms with Crippen molar-refractivity contribution in [2.24, 2.45) is 5.92 Å². The lowest BCUT2D eigenvalue weighted by Crippen LogP contribution is -2.29. The number of hydrogen-bond donors (Lipinski definition) is 2. The molecule has 2 aliphatic rings. The van der Waals surface area contributed by atoms with E-state index in [0.29, 0.717) is 25.5 Å². The molecule has 0 unspecified atom stereocenters. The molecule has 0 radical (unpaired) electrons. The molecule has 25 heavy (non-hydrogen) atoms. The number of thiophene rings is 1. The van der Waals surface area contributed by atoms with Crippen molar-refractivity contribution in [2.75, 3.05) is 45.2 Å². The number of carbonyl (C=O) groups is 1. The number of aromatic nitrogens is 2. The van der Waals surface area contributed by atoms with Gasteiger partial charge in [-0.2, -0.15) is 0 Å². The number of amides is 1. The maximum absolute atomic E-state index is 12.1. The Morgan fingerprint density at radius 1 is 1.48 bits per heavy atom. The van der Waals surface area contributed by atoms with E-state index >= 15 is 0 Å². The minimum atomic E-state index is 0.218. The quantitative estimate of drug-likeness (QED) is 0.806. The summed E-state index contributed by atoms with van der Waals surface area (Å²) in [7, 11) is 1.66. The fourth-order valence-electron chi connectivity index (χ4n) is 3.64. The maximum Gasteiger partial charge on any atom is 0.223 e. The van der Waals surface area contributed by atoms with Crippen LogP contribution in [-0.4, -0.2) is 60.7 Å². The molecule has 7 nitrogen and oxygen atoms in total. The number of likely N-dealkylation sites (tertiary alicyclic amines) is 1. The number of methoxy groups -OCH3 is 1. The first-order valence-electron chi connectivity index (χ1n) is 8.73. The van der Waals surface area contributed by atoms with Crippen LogP contribution in [0.15, 0.2) is 6.33 Å². The molecule has 8 heteroatoms. The number of carbonyl (C=O) groups excluding carboxylic acids is 1. The fraction of sp³-hybridized carbons (Fsp3) is 0.588. The van der Waals surface area contributed by atoms with Gasteiger partial charge in [0.05, 0.1) is 12.0 Å². The van der Waals surface area contributed by atoms with Crippen LogP contribution in [-0.2, 0) is 22.5 Å². The summed E-state index contributed by atoms with van der Waals surface area (Å²) in [5.74, 6) is 1.44. The van der Waals surface area contributed by atoms with E-state index in [1.54, 1.807) is 24.8 Å². The van der Waals surface area contributed by atoms with Gasteiger partial charge in [0.25, 0.3) is 0 Å². The lowest BCUT2D eigenvalue weighted by Gasteiger charge is -2.17. The van der Waals surface area contributed by atoms with Crippen LogP contribution < -0.4 is 10.6 Å². The number of ether oxygens (including phenoxy) is 1. The Kier molecular flexibility index (Phi) is 4.82. The molecule has 1 amide bonds. The molecule has 0 spiro atoms. The average molecular weight is 361 g/mol. The Bertz CT molecular complexity index is 778. The smallest absolute Gasteiger partial charge is 0.223 e. The molecular formula is C17H23N5O2S. The molecule has 2 N–H and O–H groups in total. The Morgan fingerprint density at radius 3 is 3.28 bits per heavy atom. The molecule has 2 aliphatic heterocycles. The summed E-state index contributed by atoms with van der Waals surface area (Å²) in [6, 6.07) is 0. The zero-order valence-electron chi connectivity index (χ0n) is 14.4. The van der Waals surface area contributed by atoms with E-state index in [1.165, 1.54) is 15.8 Å². The van der Waals surface area contributed by atoms with Crippen LogP contribution >= 0.6 is 11.3 Å². The number of hydrogen-bond acceptors (Lipinski definition) is 7. The Morgan fingerprint density at radius 2 is 2.40 bits per heavy atom. The van der Waals surface area contributed by atoms with Crippen molar-refractivity contribution in [1.82, 2.24) is 20.2 Å². The van der Waals surface area contributed by atoms with Crippen molar-refractivity contribution in [3.8, 4) is 0 Å². The molecular weight excluding hydrogens is 338 g/mol. The Balaban J connectivity index is 1.47. The number of fused-ring (bicyclic) bond motifs is 3. The van der Waals surface area contributed by atoms with Crippen LogP contribution in [0.3, 0.4) is 0 Å². The summed E-state index contributed by atoms with van der Waals surface area (Å²) in [4.78, 5) is 25.3. The number of nitrogens with zero attached hydrogens (tertiary/aromatic N) is 3. The molecule has 0 aromatic carbocycles. The molecule has 1 atom stereocenters. The zero-order valence-corrected chi connectivity index (χ0v) is 15.2. The second-order valence-electron chi connectivity index (χ2n) is 6.62. The van der Waals surface area contributed by atoms with Crippen LogP contribution in [0.5, 0.6) is 0 Å². The summed E-state index contributed by atoms with van der Waals surface area (Å²) >= 11 is 1.75. The normalized spacial score (nSPS) is 20.3. The Labute approximate surface area is 150 Å². The molecule has 0 bridgehead atoms. The van der Waals surface area contributed by atoms with Gasteiger partial charge in [0.1, 0.15) is 17.0 Å². The number of anilines is 1. The number of nitrogens with one attached hydrogen (secondary N) is 2. The van der Waals surface area contributed by atoms with Crippen molar-refractivity contribution in [1.29, 1.82) is 0 Å². The van der Waals surface area contributed by atoms with E-state index < -0.39 is 0 Å². The third-order valence-electron chi connectivity index (χ3n) is 4.93. The first kappa shape index (κ1) is 16.7. The van der Waals surface area contributed by atoms with Gasteiger partial charge < -0.3 is 20.3 Å². The van der Waals surface area contributed by atoms with Gasteiger partial charge in [-0.1, -0.05) is 0 Å². The molecule has 1 saturated heterocycles. The van der Waals surface area contributed by atoms with Crippen molar-refractivity contribution >= 4 is 33.3 Å². The third-order valence-corrected chi connectivity index (χ3v) is 6.07. The lowest BCUT2D eigenvalue weighted by molar-refractivity contribution is -0.128. The highest BCUT2D eigenvalue weighted by atomic mass is 32.1. The molecule has 2 aromatic heterocycles. The lowest BCUT2D eigenvalue weighted by atomic mass is 10.1. The fourth-order valence-corrected chi connectivity index (χ4v) is 4.80. The predicted octanol–water partition coefficient (Wildman–Crippen LogP) is 1.24. The second kappa shape index (κ2) is 7.23. The molecule has 0 aliphatic carbocycles. The first-order chi connectivity index (χ1) is 12.3. The predicted molar refractivity (Wildman–Crippen MR) is 97.9 cm³/mol. The van der Waals surface area contributed by atoms with Crippen LogP contribution in [0.2, 0.25) is 0 Å². The van der Waals surface area contributed by atoms with Gasteiger partial charge in [0.15, 0.2) is 0 Å². The SMILES string of the molecule is COCCN1C[C@@H](CNc2ncnc3sc4c(c23)CCNC4)CC1=O. The van der Waals surface area contributed by atoms with Gasteiger partial charge >= 0.3 is 0 Å². The maximum atomic E-state index is 12.1. The monoisotopic (exact) mass is 361 g/mol. The summed E-state index contributed by atoms with van der Waals surface area (Å²) in [5, 5.41) is 8.07. The minimum absolute atomic E-state index is 0.218. The van der Waals surface area contributed by atoms with Crippen molar-refractivity contribution < 1.29 is 9.53 Å². The standard InChI is InChI=1S/C17H23N5O2S/c1-24-5-4-22-9-11(6-14(22)23)7-19-16-15-12-2-3-18-8-13(12)25-17(15)21-10-20-16/h10-11,18H,2-9H2,1H3,(H,19,20,21)/t11-/m1/s1. The highest BCUT2D eigenvalue weighted by Gasteiger charge is 2.29.